The van der Waals surface area contributed by atoms with E-state index in [4.69, 9.17) is 14.2 Å². The third kappa shape index (κ3) is 3.94. The summed E-state index contributed by atoms with van der Waals surface area (Å²) >= 11 is 0. The number of ether oxygens (including phenoxy) is 3. The summed E-state index contributed by atoms with van der Waals surface area (Å²) in [5.74, 6) is -0.167. The molecule has 1 heterocycles. The molecule has 7 nitrogen and oxygen atoms in total. The van der Waals surface area contributed by atoms with Gasteiger partial charge in [-0.25, -0.2) is 4.79 Å². The Hall–Kier alpha value is -3.35. The summed E-state index contributed by atoms with van der Waals surface area (Å²) in [4.78, 5) is 39.6. The summed E-state index contributed by atoms with van der Waals surface area (Å²) in [5.41, 5.74) is 1.02. The molecule has 7 heteroatoms. The van der Waals surface area contributed by atoms with E-state index in [9.17, 15) is 14.4 Å². The van der Waals surface area contributed by atoms with Crippen molar-refractivity contribution in [3.05, 3.63) is 54.1 Å². The Kier molecular flexibility index (Phi) is 5.20. The van der Waals surface area contributed by atoms with Gasteiger partial charge in [-0.2, -0.15) is 0 Å². The number of benzene rings is 2. The standard InChI is InChI=1S/C22H21NO6/c1-27-22(26)21(15-5-3-2-4-6-15)23(20(25)12-17(24)14-7-8-14)16-9-10-18-19(11-16)29-13-28-18/h2-6,9-11,14,21H,7-8,12-13H2,1H3. The minimum Gasteiger partial charge on any atom is -0.467 e. The lowest BCUT2D eigenvalue weighted by Crippen LogP contribution is -2.40. The van der Waals surface area contributed by atoms with Crippen LogP contribution in [0.3, 0.4) is 0 Å². The van der Waals surface area contributed by atoms with Crippen LogP contribution in [0.1, 0.15) is 30.9 Å². The van der Waals surface area contributed by atoms with Gasteiger partial charge in [-0.15, -0.1) is 0 Å². The van der Waals surface area contributed by atoms with Crippen LogP contribution in [-0.4, -0.2) is 31.6 Å². The normalized spacial score (nSPS) is 15.5. The van der Waals surface area contributed by atoms with Crippen molar-refractivity contribution < 1.29 is 28.6 Å². The molecule has 1 fully saturated rings. The van der Waals surface area contributed by atoms with Gasteiger partial charge in [0.2, 0.25) is 12.7 Å². The number of carbonyl (C=O) groups excluding carboxylic acids is 3. The fourth-order valence-corrected chi connectivity index (χ4v) is 3.39. The highest BCUT2D eigenvalue weighted by molar-refractivity contribution is 6.09. The summed E-state index contributed by atoms with van der Waals surface area (Å²) in [6.07, 6.45) is 1.37. The fraction of sp³-hybridized carbons (Fsp3) is 0.318. The zero-order chi connectivity index (χ0) is 20.4. The first kappa shape index (κ1) is 19.0. The second kappa shape index (κ2) is 7.95. The van der Waals surface area contributed by atoms with Crippen LogP contribution < -0.4 is 14.4 Å². The number of hydrogen-bond donors (Lipinski definition) is 0. The molecule has 1 saturated carbocycles. The predicted molar refractivity (Wildman–Crippen MR) is 104 cm³/mol. The van der Waals surface area contributed by atoms with Gasteiger partial charge in [0.25, 0.3) is 0 Å². The van der Waals surface area contributed by atoms with Crippen molar-refractivity contribution in [2.45, 2.75) is 25.3 Å². The number of esters is 1. The van der Waals surface area contributed by atoms with Crippen LogP contribution in [0.2, 0.25) is 0 Å². The van der Waals surface area contributed by atoms with Gasteiger partial charge < -0.3 is 14.2 Å². The number of anilines is 1. The molecule has 1 aliphatic carbocycles. The maximum atomic E-state index is 13.2. The van der Waals surface area contributed by atoms with Gasteiger partial charge >= 0.3 is 5.97 Å². The summed E-state index contributed by atoms with van der Waals surface area (Å²) in [5, 5.41) is 0. The number of hydrogen-bond acceptors (Lipinski definition) is 6. The van der Waals surface area contributed by atoms with Crippen molar-refractivity contribution in [2.75, 3.05) is 18.8 Å². The maximum Gasteiger partial charge on any atom is 0.333 e. The van der Waals surface area contributed by atoms with Gasteiger partial charge in [-0.3, -0.25) is 14.5 Å². The SMILES string of the molecule is COC(=O)C(c1ccccc1)N(C(=O)CC(=O)C1CC1)c1ccc2c(c1)OCO2. The third-order valence-electron chi connectivity index (χ3n) is 5.06. The molecule has 1 atom stereocenters. The van der Waals surface area contributed by atoms with Crippen LogP contribution in [0, 0.1) is 5.92 Å². The highest BCUT2D eigenvalue weighted by Gasteiger charge is 2.37. The molecule has 2 aromatic carbocycles. The molecular weight excluding hydrogens is 374 g/mol. The zero-order valence-corrected chi connectivity index (χ0v) is 16.0. The first-order chi connectivity index (χ1) is 14.1. The van der Waals surface area contributed by atoms with Gasteiger partial charge in [0.1, 0.15) is 5.78 Å². The Morgan fingerprint density at radius 1 is 1.07 bits per heavy atom. The lowest BCUT2D eigenvalue weighted by Gasteiger charge is -2.30. The van der Waals surface area contributed by atoms with Gasteiger partial charge in [-0.1, -0.05) is 30.3 Å². The largest absolute Gasteiger partial charge is 0.467 e. The van der Waals surface area contributed by atoms with E-state index in [-0.39, 0.29) is 24.9 Å². The van der Waals surface area contributed by atoms with E-state index in [1.807, 2.05) is 6.07 Å². The topological polar surface area (TPSA) is 82.1 Å². The van der Waals surface area contributed by atoms with Crippen molar-refractivity contribution in [1.82, 2.24) is 0 Å². The molecule has 0 N–H and O–H groups in total. The van der Waals surface area contributed by atoms with E-state index in [0.29, 0.717) is 22.7 Å². The minimum atomic E-state index is -1.03. The average molecular weight is 395 g/mol. The van der Waals surface area contributed by atoms with E-state index in [2.05, 4.69) is 0 Å². The molecule has 29 heavy (non-hydrogen) atoms. The average Bonchev–Trinajstić information content (AvgIpc) is 3.49. The van der Waals surface area contributed by atoms with Crippen molar-refractivity contribution in [1.29, 1.82) is 0 Å². The van der Waals surface area contributed by atoms with E-state index in [0.717, 1.165) is 12.8 Å². The molecule has 1 aliphatic heterocycles. The number of amides is 1. The summed E-state index contributed by atoms with van der Waals surface area (Å²) in [6, 6.07) is 12.8. The minimum absolute atomic E-state index is 0.0501. The molecule has 0 bridgehead atoms. The summed E-state index contributed by atoms with van der Waals surface area (Å²) in [7, 11) is 1.27. The Morgan fingerprint density at radius 3 is 2.48 bits per heavy atom. The molecule has 0 spiro atoms. The molecule has 2 aromatic rings. The van der Waals surface area contributed by atoms with Crippen molar-refractivity contribution in [2.24, 2.45) is 5.92 Å². The first-order valence-electron chi connectivity index (χ1n) is 9.45. The van der Waals surface area contributed by atoms with E-state index < -0.39 is 17.9 Å². The Bertz CT molecular complexity index is 938. The van der Waals surface area contributed by atoms with Crippen LogP contribution in [0.25, 0.3) is 0 Å². The maximum absolute atomic E-state index is 13.2. The molecule has 2 aliphatic rings. The smallest absolute Gasteiger partial charge is 0.333 e. The van der Waals surface area contributed by atoms with Crippen LogP contribution in [0.4, 0.5) is 5.69 Å². The summed E-state index contributed by atoms with van der Waals surface area (Å²) in [6.45, 7) is 0.0893. The van der Waals surface area contributed by atoms with Gasteiger partial charge in [0.05, 0.1) is 13.5 Å². The molecular formula is C22H21NO6. The van der Waals surface area contributed by atoms with Gasteiger partial charge in [0.15, 0.2) is 17.5 Å². The van der Waals surface area contributed by atoms with E-state index in [1.54, 1.807) is 42.5 Å². The molecule has 4 rings (SSSR count). The number of methoxy groups -OCH3 is 1. The molecule has 0 saturated heterocycles. The number of carbonyl (C=O) groups is 3. The first-order valence-corrected chi connectivity index (χ1v) is 9.45. The van der Waals surface area contributed by atoms with Crippen LogP contribution in [0.15, 0.2) is 48.5 Å². The fourth-order valence-electron chi connectivity index (χ4n) is 3.39. The second-order valence-electron chi connectivity index (χ2n) is 7.06. The number of Topliss-reactive ketones (excluding diaryl/α,β-unsaturated/α-hetero) is 1. The Morgan fingerprint density at radius 2 is 1.79 bits per heavy atom. The zero-order valence-electron chi connectivity index (χ0n) is 16.0. The number of nitrogens with zero attached hydrogens (tertiary/aromatic N) is 1. The quantitative estimate of drug-likeness (QED) is 0.529. The molecule has 150 valence electrons. The summed E-state index contributed by atoms with van der Waals surface area (Å²) < 4.78 is 15.8. The van der Waals surface area contributed by atoms with Crippen molar-refractivity contribution in [3.63, 3.8) is 0 Å². The van der Waals surface area contributed by atoms with E-state index in [1.165, 1.54) is 12.0 Å². The number of fused-ring (bicyclic) bond motifs is 1. The number of rotatable bonds is 7. The second-order valence-corrected chi connectivity index (χ2v) is 7.06. The third-order valence-corrected chi connectivity index (χ3v) is 5.06. The van der Waals surface area contributed by atoms with Crippen molar-refractivity contribution in [3.8, 4) is 11.5 Å². The Labute approximate surface area is 168 Å². The Balaban J connectivity index is 1.76. The molecule has 0 radical (unpaired) electrons. The lowest BCUT2D eigenvalue weighted by atomic mass is 10.0. The predicted octanol–water partition coefficient (Wildman–Crippen LogP) is 3.03. The van der Waals surface area contributed by atoms with Crippen molar-refractivity contribution >= 4 is 23.3 Å². The van der Waals surface area contributed by atoms with Crippen LogP contribution >= 0.6 is 0 Å². The van der Waals surface area contributed by atoms with E-state index >= 15 is 0 Å². The molecule has 0 aromatic heterocycles. The lowest BCUT2D eigenvalue weighted by molar-refractivity contribution is -0.144. The molecule has 1 amide bonds. The number of ketones is 1. The molecule has 1 unspecified atom stereocenters. The van der Waals surface area contributed by atoms with Gasteiger partial charge in [0, 0.05) is 17.7 Å². The van der Waals surface area contributed by atoms with Gasteiger partial charge in [-0.05, 0) is 30.5 Å². The highest BCUT2D eigenvalue weighted by atomic mass is 16.7. The van der Waals surface area contributed by atoms with Crippen LogP contribution in [-0.2, 0) is 19.1 Å². The monoisotopic (exact) mass is 395 g/mol. The highest BCUT2D eigenvalue weighted by Crippen LogP contribution is 2.39. The van der Waals surface area contributed by atoms with Crippen LogP contribution in [0.5, 0.6) is 11.5 Å².